The largest absolute Gasteiger partial charge is 0.396 e. The van der Waals surface area contributed by atoms with Gasteiger partial charge >= 0.3 is 0 Å². The quantitative estimate of drug-likeness (QED) is 0.745. The third-order valence-electron chi connectivity index (χ3n) is 3.10. The van der Waals surface area contributed by atoms with Gasteiger partial charge < -0.3 is 16.0 Å². The molecule has 0 unspecified atom stereocenters. The number of rotatable bonds is 5. The number of likely N-dealkylation sites (N-methyl/N-ethyl adjacent to an activating group) is 1. The molecule has 1 aromatic rings. The number of nitrogens with zero attached hydrogens (tertiary/aromatic N) is 3. The Labute approximate surface area is 101 Å². The van der Waals surface area contributed by atoms with Crippen molar-refractivity contribution in [2.45, 2.75) is 18.9 Å². The topological polar surface area (TPSA) is 76.2 Å². The average Bonchev–Trinajstić information content (AvgIpc) is 3.06. The van der Waals surface area contributed by atoms with Crippen LogP contribution in [0.1, 0.15) is 23.3 Å². The van der Waals surface area contributed by atoms with Crippen LogP contribution < -0.4 is 11.1 Å². The first-order valence-corrected chi connectivity index (χ1v) is 5.85. The third-order valence-corrected chi connectivity index (χ3v) is 3.10. The lowest BCUT2D eigenvalue weighted by Gasteiger charge is -2.15. The zero-order valence-electron chi connectivity index (χ0n) is 10.3. The summed E-state index contributed by atoms with van der Waals surface area (Å²) in [4.78, 5) is 14.1. The maximum atomic E-state index is 11.8. The monoisotopic (exact) mass is 237 g/mol. The van der Waals surface area contributed by atoms with Crippen LogP contribution in [0.25, 0.3) is 0 Å². The Morgan fingerprint density at radius 2 is 2.41 bits per heavy atom. The number of nitrogens with one attached hydrogen (secondary N) is 1. The molecule has 1 heterocycles. The van der Waals surface area contributed by atoms with Crippen molar-refractivity contribution >= 4 is 11.6 Å². The number of carbonyl (C=O) groups is 1. The summed E-state index contributed by atoms with van der Waals surface area (Å²) in [5.41, 5.74) is 6.52. The lowest BCUT2D eigenvalue weighted by atomic mass is 10.3. The van der Waals surface area contributed by atoms with Gasteiger partial charge in [0.1, 0.15) is 5.69 Å². The van der Waals surface area contributed by atoms with Gasteiger partial charge in [0.25, 0.3) is 5.91 Å². The van der Waals surface area contributed by atoms with E-state index in [0.29, 0.717) is 24.0 Å². The maximum absolute atomic E-state index is 11.8. The van der Waals surface area contributed by atoms with E-state index in [4.69, 9.17) is 5.73 Å². The minimum absolute atomic E-state index is 0.160. The molecule has 1 aromatic heterocycles. The SMILES string of the molecule is CN(CCNC(=O)c1c(N)cnn1C)C1CC1. The number of hydrogen-bond acceptors (Lipinski definition) is 4. The molecule has 3 N–H and O–H groups in total. The van der Waals surface area contributed by atoms with Gasteiger partial charge in [-0.2, -0.15) is 5.10 Å². The molecule has 0 bridgehead atoms. The smallest absolute Gasteiger partial charge is 0.271 e. The molecule has 6 heteroatoms. The maximum Gasteiger partial charge on any atom is 0.271 e. The first-order chi connectivity index (χ1) is 8.09. The van der Waals surface area contributed by atoms with Crippen LogP contribution in [0.4, 0.5) is 5.69 Å². The Morgan fingerprint density at radius 3 is 2.94 bits per heavy atom. The lowest BCUT2D eigenvalue weighted by Crippen LogP contribution is -2.35. The number of nitrogens with two attached hydrogens (primary N) is 1. The molecule has 6 nitrogen and oxygen atoms in total. The zero-order chi connectivity index (χ0) is 12.4. The van der Waals surface area contributed by atoms with E-state index in [1.165, 1.54) is 23.7 Å². The van der Waals surface area contributed by atoms with Gasteiger partial charge in [-0.3, -0.25) is 9.48 Å². The summed E-state index contributed by atoms with van der Waals surface area (Å²) in [5, 5.41) is 6.80. The second-order valence-corrected chi connectivity index (χ2v) is 4.54. The Kier molecular flexibility index (Phi) is 3.33. The highest BCUT2D eigenvalue weighted by molar-refractivity contribution is 5.97. The molecule has 1 amide bonds. The minimum atomic E-state index is -0.160. The molecule has 0 atom stereocenters. The molecule has 2 rings (SSSR count). The van der Waals surface area contributed by atoms with Crippen LogP contribution in [-0.4, -0.2) is 46.8 Å². The molecule has 0 radical (unpaired) electrons. The van der Waals surface area contributed by atoms with Gasteiger partial charge in [0.2, 0.25) is 0 Å². The number of aryl methyl sites for hydroxylation is 1. The second kappa shape index (κ2) is 4.75. The molecule has 1 aliphatic carbocycles. The van der Waals surface area contributed by atoms with Crippen molar-refractivity contribution in [1.82, 2.24) is 20.0 Å². The number of hydrogen-bond donors (Lipinski definition) is 2. The summed E-state index contributed by atoms with van der Waals surface area (Å²) in [7, 11) is 3.80. The van der Waals surface area contributed by atoms with E-state index in [-0.39, 0.29) is 5.91 Å². The van der Waals surface area contributed by atoms with Gasteiger partial charge in [0, 0.05) is 26.2 Å². The first kappa shape index (κ1) is 11.9. The van der Waals surface area contributed by atoms with Crippen molar-refractivity contribution in [1.29, 1.82) is 0 Å². The van der Waals surface area contributed by atoms with E-state index in [1.807, 2.05) is 0 Å². The van der Waals surface area contributed by atoms with Gasteiger partial charge in [-0.25, -0.2) is 0 Å². The van der Waals surface area contributed by atoms with E-state index < -0.39 is 0 Å². The molecule has 1 fully saturated rings. The fourth-order valence-electron chi connectivity index (χ4n) is 1.86. The molecule has 1 aliphatic rings. The molecule has 0 aromatic carbocycles. The summed E-state index contributed by atoms with van der Waals surface area (Å²) in [6.45, 7) is 1.50. The van der Waals surface area contributed by atoms with Gasteiger partial charge in [-0.1, -0.05) is 0 Å². The minimum Gasteiger partial charge on any atom is -0.396 e. The van der Waals surface area contributed by atoms with Crippen molar-refractivity contribution in [2.75, 3.05) is 25.9 Å². The molecule has 17 heavy (non-hydrogen) atoms. The fourth-order valence-corrected chi connectivity index (χ4v) is 1.86. The molecule has 0 aliphatic heterocycles. The van der Waals surface area contributed by atoms with Crippen molar-refractivity contribution in [3.05, 3.63) is 11.9 Å². The molecule has 0 saturated heterocycles. The van der Waals surface area contributed by atoms with Crippen LogP contribution in [-0.2, 0) is 7.05 Å². The third kappa shape index (κ3) is 2.76. The van der Waals surface area contributed by atoms with Crippen LogP contribution in [0.15, 0.2) is 6.20 Å². The molecule has 1 saturated carbocycles. The average molecular weight is 237 g/mol. The predicted octanol–water partition coefficient (Wildman–Crippen LogP) is -0.174. The Balaban J connectivity index is 1.81. The van der Waals surface area contributed by atoms with Gasteiger partial charge in [0.15, 0.2) is 0 Å². The van der Waals surface area contributed by atoms with E-state index in [1.54, 1.807) is 7.05 Å². The number of anilines is 1. The van der Waals surface area contributed by atoms with Crippen molar-refractivity contribution in [2.24, 2.45) is 7.05 Å². The van der Waals surface area contributed by atoms with Gasteiger partial charge in [0.05, 0.1) is 11.9 Å². The number of aromatic nitrogens is 2. The summed E-state index contributed by atoms with van der Waals surface area (Å²) in [6.07, 6.45) is 4.05. The van der Waals surface area contributed by atoms with Gasteiger partial charge in [-0.15, -0.1) is 0 Å². The van der Waals surface area contributed by atoms with Crippen molar-refractivity contribution < 1.29 is 4.79 Å². The predicted molar refractivity (Wildman–Crippen MR) is 65.6 cm³/mol. The van der Waals surface area contributed by atoms with E-state index in [2.05, 4.69) is 22.4 Å². The van der Waals surface area contributed by atoms with E-state index >= 15 is 0 Å². The second-order valence-electron chi connectivity index (χ2n) is 4.54. The molecular weight excluding hydrogens is 218 g/mol. The Morgan fingerprint density at radius 1 is 1.71 bits per heavy atom. The van der Waals surface area contributed by atoms with Crippen LogP contribution in [0.2, 0.25) is 0 Å². The van der Waals surface area contributed by atoms with Crippen molar-refractivity contribution in [3.8, 4) is 0 Å². The summed E-state index contributed by atoms with van der Waals surface area (Å²) < 4.78 is 1.50. The number of nitrogen functional groups attached to an aromatic ring is 1. The normalized spacial score (nSPS) is 15.2. The van der Waals surface area contributed by atoms with Crippen LogP contribution >= 0.6 is 0 Å². The van der Waals surface area contributed by atoms with Crippen LogP contribution in [0.5, 0.6) is 0 Å². The fraction of sp³-hybridized carbons (Fsp3) is 0.636. The van der Waals surface area contributed by atoms with E-state index in [9.17, 15) is 4.79 Å². The highest BCUT2D eigenvalue weighted by atomic mass is 16.2. The summed E-state index contributed by atoms with van der Waals surface area (Å²) in [5.74, 6) is -0.160. The summed E-state index contributed by atoms with van der Waals surface area (Å²) in [6, 6.07) is 0.716. The van der Waals surface area contributed by atoms with Crippen molar-refractivity contribution in [3.63, 3.8) is 0 Å². The standard InChI is InChI=1S/C11H19N5O/c1-15(8-3-4-8)6-5-13-11(17)10-9(12)7-14-16(10)2/h7-8H,3-6,12H2,1-2H3,(H,13,17). The van der Waals surface area contributed by atoms with Crippen LogP contribution in [0.3, 0.4) is 0 Å². The Bertz CT molecular complexity index is 390. The molecule has 0 spiro atoms. The van der Waals surface area contributed by atoms with Crippen LogP contribution in [0, 0.1) is 0 Å². The highest BCUT2D eigenvalue weighted by Crippen LogP contribution is 2.24. The highest BCUT2D eigenvalue weighted by Gasteiger charge is 2.25. The first-order valence-electron chi connectivity index (χ1n) is 5.85. The lowest BCUT2D eigenvalue weighted by molar-refractivity contribution is 0.0941. The Hall–Kier alpha value is -1.56. The summed E-state index contributed by atoms with van der Waals surface area (Å²) >= 11 is 0. The number of amides is 1. The van der Waals surface area contributed by atoms with E-state index in [0.717, 1.165) is 6.54 Å². The van der Waals surface area contributed by atoms with Gasteiger partial charge in [-0.05, 0) is 19.9 Å². The molecule has 94 valence electrons. The molecular formula is C11H19N5O. The number of carbonyl (C=O) groups excluding carboxylic acids is 1. The zero-order valence-corrected chi connectivity index (χ0v) is 10.3.